The van der Waals surface area contributed by atoms with Gasteiger partial charge in [0, 0.05) is 19.7 Å². The zero-order valence-electron chi connectivity index (χ0n) is 12.3. The van der Waals surface area contributed by atoms with Crippen LogP contribution in [0.25, 0.3) is 10.7 Å². The van der Waals surface area contributed by atoms with Crippen LogP contribution < -0.4 is 0 Å². The smallest absolute Gasteiger partial charge is 0.358 e. The van der Waals surface area contributed by atoms with E-state index in [1.165, 1.54) is 18.3 Å². The minimum absolute atomic E-state index is 0.0913. The van der Waals surface area contributed by atoms with Gasteiger partial charge in [-0.25, -0.2) is 9.78 Å². The maximum absolute atomic E-state index is 11.9. The molecule has 0 atom stereocenters. The van der Waals surface area contributed by atoms with E-state index in [0.717, 1.165) is 18.7 Å². The molecule has 2 aromatic rings. The lowest BCUT2D eigenvalue weighted by Crippen LogP contribution is -2.09. The molecular weight excluding hydrogens is 290 g/mol. The fourth-order valence-electron chi connectivity index (χ4n) is 1.91. The third kappa shape index (κ3) is 3.18. The van der Waals surface area contributed by atoms with E-state index in [4.69, 9.17) is 4.74 Å². The third-order valence-corrected chi connectivity index (χ3v) is 3.97. The summed E-state index contributed by atoms with van der Waals surface area (Å²) in [5.41, 5.74) is 0.897. The van der Waals surface area contributed by atoms with Crippen LogP contribution in [0.3, 0.4) is 0 Å². The maximum atomic E-state index is 11.9. The van der Waals surface area contributed by atoms with Crippen LogP contribution in [0.15, 0.2) is 12.3 Å². The summed E-state index contributed by atoms with van der Waals surface area (Å²) < 4.78 is 6.77. The van der Waals surface area contributed by atoms with Crippen molar-refractivity contribution in [3.05, 3.63) is 22.8 Å². The molecule has 0 aromatic carbocycles. The lowest BCUT2D eigenvalue weighted by Gasteiger charge is -2.02. The Morgan fingerprint density at radius 1 is 1.38 bits per heavy atom. The van der Waals surface area contributed by atoms with Gasteiger partial charge in [0.1, 0.15) is 9.88 Å². The highest BCUT2D eigenvalue weighted by atomic mass is 32.1. The lowest BCUT2D eigenvalue weighted by atomic mass is 10.3. The second-order valence-corrected chi connectivity index (χ2v) is 5.41. The molecule has 0 saturated heterocycles. The Bertz CT molecular complexity index is 660. The summed E-state index contributed by atoms with van der Waals surface area (Å²) in [5, 5.41) is 4.84. The van der Waals surface area contributed by atoms with Gasteiger partial charge in [-0.1, -0.05) is 6.92 Å². The molecule has 0 fully saturated rings. The molecule has 0 aliphatic rings. The average Bonchev–Trinajstić information content (AvgIpc) is 3.05. The summed E-state index contributed by atoms with van der Waals surface area (Å²) in [4.78, 5) is 28.2. The topological polar surface area (TPSA) is 74.1 Å². The van der Waals surface area contributed by atoms with Crippen molar-refractivity contribution >= 4 is 23.1 Å². The number of esters is 1. The molecule has 6 nitrogen and oxygen atoms in total. The van der Waals surface area contributed by atoms with Gasteiger partial charge in [0.05, 0.1) is 12.3 Å². The monoisotopic (exact) mass is 307 g/mol. The second kappa shape index (κ2) is 6.62. The van der Waals surface area contributed by atoms with Crippen LogP contribution in [-0.4, -0.2) is 33.1 Å². The Kier molecular flexibility index (Phi) is 4.85. The predicted molar refractivity (Wildman–Crippen MR) is 79.6 cm³/mol. The molecule has 0 unspecified atom stereocenters. The number of ether oxygens (including phenoxy) is 1. The number of nitrogens with zero attached hydrogens (tertiary/aromatic N) is 3. The van der Waals surface area contributed by atoms with Crippen molar-refractivity contribution in [3.8, 4) is 10.7 Å². The van der Waals surface area contributed by atoms with Gasteiger partial charge in [0.15, 0.2) is 11.5 Å². The first-order valence-corrected chi connectivity index (χ1v) is 7.61. The molecule has 2 heterocycles. The highest BCUT2D eigenvalue weighted by molar-refractivity contribution is 7.17. The Morgan fingerprint density at radius 2 is 2.14 bits per heavy atom. The molecule has 0 N–H and O–H groups in total. The fourth-order valence-corrected chi connectivity index (χ4v) is 2.89. The number of ketones is 1. The minimum atomic E-state index is -0.563. The van der Waals surface area contributed by atoms with Crippen LogP contribution in [0.4, 0.5) is 0 Å². The minimum Gasteiger partial charge on any atom is -0.461 e. The summed E-state index contributed by atoms with van der Waals surface area (Å²) in [6.07, 6.45) is 2.62. The van der Waals surface area contributed by atoms with Crippen LogP contribution in [-0.2, 0) is 11.3 Å². The molecule has 0 aliphatic carbocycles. The summed E-state index contributed by atoms with van der Waals surface area (Å²) in [5.74, 6) is -0.755. The van der Waals surface area contributed by atoms with E-state index in [0.29, 0.717) is 9.88 Å². The van der Waals surface area contributed by atoms with Crippen molar-refractivity contribution in [2.45, 2.75) is 33.7 Å². The molecule has 0 bridgehead atoms. The lowest BCUT2D eigenvalue weighted by molar-refractivity contribution is 0.0517. The molecular formula is C14H17N3O3S. The quantitative estimate of drug-likeness (QED) is 0.606. The maximum Gasteiger partial charge on any atom is 0.358 e. The van der Waals surface area contributed by atoms with Crippen molar-refractivity contribution in [1.82, 2.24) is 14.8 Å². The number of rotatable bonds is 6. The summed E-state index contributed by atoms with van der Waals surface area (Å²) in [6.45, 7) is 6.19. The molecule has 21 heavy (non-hydrogen) atoms. The number of Topliss-reactive ketones (excluding diaryl/α,β-unsaturated/α-hetero) is 1. The Balaban J connectivity index is 2.46. The Hall–Kier alpha value is -2.02. The molecule has 7 heteroatoms. The van der Waals surface area contributed by atoms with E-state index in [9.17, 15) is 9.59 Å². The first kappa shape index (κ1) is 15.4. The predicted octanol–water partition coefficient (Wildman–Crippen LogP) is 2.80. The van der Waals surface area contributed by atoms with Gasteiger partial charge < -0.3 is 4.74 Å². The van der Waals surface area contributed by atoms with E-state index in [1.807, 2.05) is 10.7 Å². The largest absolute Gasteiger partial charge is 0.461 e. The van der Waals surface area contributed by atoms with E-state index >= 15 is 0 Å². The first-order chi connectivity index (χ1) is 10.1. The van der Waals surface area contributed by atoms with Gasteiger partial charge in [0.25, 0.3) is 0 Å². The molecule has 2 rings (SSSR count). The number of aryl methyl sites for hydroxylation is 1. The van der Waals surface area contributed by atoms with E-state index < -0.39 is 5.97 Å². The number of hydrogen-bond acceptors (Lipinski definition) is 6. The van der Waals surface area contributed by atoms with Crippen molar-refractivity contribution < 1.29 is 14.3 Å². The van der Waals surface area contributed by atoms with E-state index in [2.05, 4.69) is 17.0 Å². The number of carbonyl (C=O) groups is 2. The Labute approximate surface area is 126 Å². The van der Waals surface area contributed by atoms with Crippen LogP contribution in [0.1, 0.15) is 47.4 Å². The van der Waals surface area contributed by atoms with Crippen molar-refractivity contribution in [2.24, 2.45) is 0 Å². The summed E-state index contributed by atoms with van der Waals surface area (Å²) in [6, 6.07) is 1.83. The number of carbonyl (C=O) groups excluding carboxylic acids is 2. The zero-order chi connectivity index (χ0) is 15.4. The van der Waals surface area contributed by atoms with Gasteiger partial charge >= 0.3 is 5.97 Å². The number of aromatic nitrogens is 3. The second-order valence-electron chi connectivity index (χ2n) is 4.41. The zero-order valence-corrected chi connectivity index (χ0v) is 13.1. The van der Waals surface area contributed by atoms with E-state index in [-0.39, 0.29) is 18.1 Å². The third-order valence-electron chi connectivity index (χ3n) is 2.79. The summed E-state index contributed by atoms with van der Waals surface area (Å²) >= 11 is 1.20. The van der Waals surface area contributed by atoms with Gasteiger partial charge in [-0.15, -0.1) is 11.3 Å². The molecule has 2 aromatic heterocycles. The highest BCUT2D eigenvalue weighted by Crippen LogP contribution is 2.29. The van der Waals surface area contributed by atoms with E-state index in [1.54, 1.807) is 13.1 Å². The van der Waals surface area contributed by atoms with Crippen molar-refractivity contribution in [3.63, 3.8) is 0 Å². The standard InChI is InChI=1S/C14H17N3O3S/c1-4-8-17-10(6-7-15-17)13-16-11(14(19)20-5-2)12(21-13)9(3)18/h6-7H,4-5,8H2,1-3H3. The van der Waals surface area contributed by atoms with Gasteiger partial charge in [-0.05, 0) is 19.4 Å². The molecule has 0 amide bonds. The van der Waals surface area contributed by atoms with Crippen LogP contribution in [0.5, 0.6) is 0 Å². The van der Waals surface area contributed by atoms with Crippen molar-refractivity contribution in [1.29, 1.82) is 0 Å². The van der Waals surface area contributed by atoms with Crippen LogP contribution >= 0.6 is 11.3 Å². The SMILES string of the molecule is CCCn1nccc1-c1nc(C(=O)OCC)c(C(C)=O)s1. The molecule has 112 valence electrons. The van der Waals surface area contributed by atoms with Gasteiger partial charge in [-0.2, -0.15) is 5.10 Å². The number of hydrogen-bond donors (Lipinski definition) is 0. The average molecular weight is 307 g/mol. The first-order valence-electron chi connectivity index (χ1n) is 6.79. The van der Waals surface area contributed by atoms with Crippen LogP contribution in [0, 0.1) is 0 Å². The highest BCUT2D eigenvalue weighted by Gasteiger charge is 2.23. The molecule has 0 radical (unpaired) electrons. The molecule has 0 aliphatic heterocycles. The molecule has 0 saturated carbocycles. The molecule has 0 spiro atoms. The Morgan fingerprint density at radius 3 is 2.76 bits per heavy atom. The fraction of sp³-hybridized carbons (Fsp3) is 0.429. The van der Waals surface area contributed by atoms with Crippen molar-refractivity contribution in [2.75, 3.05) is 6.61 Å². The normalized spacial score (nSPS) is 10.6. The van der Waals surface area contributed by atoms with Gasteiger partial charge in [-0.3, -0.25) is 9.48 Å². The van der Waals surface area contributed by atoms with Gasteiger partial charge in [0.2, 0.25) is 0 Å². The summed E-state index contributed by atoms with van der Waals surface area (Å²) in [7, 11) is 0. The number of thiazole rings is 1. The van der Waals surface area contributed by atoms with Crippen LogP contribution in [0.2, 0.25) is 0 Å².